The lowest BCUT2D eigenvalue weighted by atomic mass is 9.86. The van der Waals surface area contributed by atoms with E-state index in [0.29, 0.717) is 0 Å². The highest BCUT2D eigenvalue weighted by molar-refractivity contribution is 5.92. The van der Waals surface area contributed by atoms with Crippen LogP contribution in [0.5, 0.6) is 0 Å². The smallest absolute Gasteiger partial charge is 0.0733 e. The molecular weight excluding hydrogens is 687 g/mol. The second-order valence-electron chi connectivity index (χ2n) is 14.9. The Balaban J connectivity index is 0.000000266. The number of likely N-dealkylation sites (N-methyl/N-ethyl adjacent to an activating group) is 1. The summed E-state index contributed by atoms with van der Waals surface area (Å²) in [5.74, 6) is 0. The number of allylic oxidation sites excluding steroid dienone is 2. The van der Waals surface area contributed by atoms with Crippen LogP contribution in [0.15, 0.2) is 183 Å². The number of nitrogens with zero attached hydrogens (tertiary/aromatic N) is 1. The van der Waals surface area contributed by atoms with Gasteiger partial charge in [0.2, 0.25) is 0 Å². The lowest BCUT2D eigenvalue weighted by Crippen LogP contribution is -2.27. The topological polar surface area (TPSA) is 3.24 Å². The number of hydrogen-bond acceptors (Lipinski definition) is 1. The van der Waals surface area contributed by atoms with Gasteiger partial charge in [-0.3, -0.25) is 0 Å². The fourth-order valence-electron chi connectivity index (χ4n) is 7.16. The Morgan fingerprint density at radius 2 is 1.25 bits per heavy atom. The molecule has 1 atom stereocenters. The van der Waals surface area contributed by atoms with Gasteiger partial charge in [0, 0.05) is 18.3 Å². The number of anilines is 1. The van der Waals surface area contributed by atoms with Gasteiger partial charge in [0.1, 0.15) is 0 Å². The third-order valence-electron chi connectivity index (χ3n) is 10.8. The van der Waals surface area contributed by atoms with E-state index in [-0.39, 0.29) is 6.04 Å². The van der Waals surface area contributed by atoms with Gasteiger partial charge >= 0.3 is 0 Å². The van der Waals surface area contributed by atoms with Crippen LogP contribution in [-0.2, 0) is 0 Å². The molecule has 0 radical (unpaired) electrons. The highest BCUT2D eigenvalue weighted by atomic mass is 15.1. The number of hydrogen-bond donors (Lipinski definition) is 0. The highest BCUT2D eigenvalue weighted by Crippen LogP contribution is 2.44. The summed E-state index contributed by atoms with van der Waals surface area (Å²) < 4.78 is 0. The van der Waals surface area contributed by atoms with Crippen LogP contribution < -0.4 is 4.90 Å². The largest absolute Gasteiger partial charge is 0.364 e. The second-order valence-corrected chi connectivity index (χ2v) is 14.9. The molecular formula is C56H55N. The molecule has 0 spiro atoms. The van der Waals surface area contributed by atoms with E-state index in [1.807, 2.05) is 31.2 Å². The van der Waals surface area contributed by atoms with E-state index in [1.165, 1.54) is 77.7 Å². The Kier molecular flexibility index (Phi) is 13.4. The summed E-state index contributed by atoms with van der Waals surface area (Å²) >= 11 is 0. The van der Waals surface area contributed by atoms with Crippen molar-refractivity contribution in [1.82, 2.24) is 0 Å². The standard InChI is InChI=1S/C39H35N.C9H10.C8H10/c1-5-7-10-31-23-33(19-17-28(31)6-2)34-21-22-38-37(25-34)36(30-15-13-27(3)14-16-30)26-39(40(38)4)35-20-18-29-11-8-9-12-32(29)24-35;1-8(2)9-6-4-3-5-7-9;1-7-5-3-4-6-8(7)2/h6-26,39H,2,5H2,1,3-4H3;3-7H,1H2,2H3;3-6H,1-2H3/b10-7-;;. The molecule has 0 saturated heterocycles. The quantitative estimate of drug-likeness (QED) is 0.157. The van der Waals surface area contributed by atoms with E-state index in [0.717, 1.165) is 17.6 Å². The molecule has 0 fully saturated rings. The van der Waals surface area contributed by atoms with Crippen LogP contribution >= 0.6 is 0 Å². The summed E-state index contributed by atoms with van der Waals surface area (Å²) in [5, 5.41) is 2.55. The molecule has 0 aliphatic carbocycles. The normalized spacial score (nSPS) is 13.1. The number of rotatable bonds is 7. The van der Waals surface area contributed by atoms with Crippen molar-refractivity contribution in [3.8, 4) is 11.1 Å². The average molecular weight is 742 g/mol. The van der Waals surface area contributed by atoms with Gasteiger partial charge in [-0.2, -0.15) is 0 Å². The SMILES string of the molecule is C=C(C)c1ccccc1.C=Cc1ccc(-c2ccc3c(c2)C(c2ccc(C)cc2)=CC(c2ccc4ccccc4c2)N3C)cc1/C=C\CC.Cc1ccccc1C. The van der Waals surface area contributed by atoms with E-state index in [9.17, 15) is 0 Å². The van der Waals surface area contributed by atoms with Crippen molar-refractivity contribution in [1.29, 1.82) is 0 Å². The molecule has 0 N–H and O–H groups in total. The van der Waals surface area contributed by atoms with Crippen molar-refractivity contribution in [2.24, 2.45) is 0 Å². The van der Waals surface area contributed by atoms with Crippen molar-refractivity contribution in [2.75, 3.05) is 11.9 Å². The van der Waals surface area contributed by atoms with Gasteiger partial charge in [0.05, 0.1) is 6.04 Å². The summed E-state index contributed by atoms with van der Waals surface area (Å²) in [6.45, 7) is 18.4. The van der Waals surface area contributed by atoms with E-state index >= 15 is 0 Å². The Hall–Kier alpha value is -6.44. The molecule has 1 aliphatic heterocycles. The van der Waals surface area contributed by atoms with Gasteiger partial charge in [-0.1, -0.05) is 183 Å². The van der Waals surface area contributed by atoms with Gasteiger partial charge in [-0.25, -0.2) is 0 Å². The van der Waals surface area contributed by atoms with Crippen molar-refractivity contribution in [3.05, 3.63) is 233 Å². The summed E-state index contributed by atoms with van der Waals surface area (Å²) in [4.78, 5) is 2.41. The zero-order valence-electron chi connectivity index (χ0n) is 34.5. The van der Waals surface area contributed by atoms with Crippen LogP contribution in [0.25, 0.3) is 45.2 Å². The molecule has 1 aliphatic rings. The highest BCUT2D eigenvalue weighted by Gasteiger charge is 2.26. The first-order valence-electron chi connectivity index (χ1n) is 20.0. The number of fused-ring (bicyclic) bond motifs is 2. The summed E-state index contributed by atoms with van der Waals surface area (Å²) in [6.07, 6.45) is 9.80. The van der Waals surface area contributed by atoms with Crippen molar-refractivity contribution in [3.63, 3.8) is 0 Å². The lowest BCUT2D eigenvalue weighted by molar-refractivity contribution is 0.802. The monoisotopic (exact) mass is 741 g/mol. The molecule has 57 heavy (non-hydrogen) atoms. The Bertz CT molecular complexity index is 2510. The predicted octanol–water partition coefficient (Wildman–Crippen LogP) is 15.5. The summed E-state index contributed by atoms with van der Waals surface area (Å²) in [5.41, 5.74) is 17.5. The number of benzene rings is 7. The molecule has 7 aromatic rings. The second kappa shape index (κ2) is 18.9. The van der Waals surface area contributed by atoms with E-state index in [1.54, 1.807) is 0 Å². The van der Waals surface area contributed by atoms with Crippen molar-refractivity contribution < 1.29 is 0 Å². The van der Waals surface area contributed by atoms with Crippen LogP contribution in [-0.4, -0.2) is 7.05 Å². The Morgan fingerprint density at radius 3 is 1.88 bits per heavy atom. The molecule has 1 heteroatoms. The zero-order valence-corrected chi connectivity index (χ0v) is 34.5. The first kappa shape index (κ1) is 40.2. The van der Waals surface area contributed by atoms with Gasteiger partial charge in [-0.15, -0.1) is 0 Å². The minimum atomic E-state index is 0.136. The minimum Gasteiger partial charge on any atom is -0.364 e. The first-order chi connectivity index (χ1) is 27.7. The maximum Gasteiger partial charge on any atom is 0.0733 e. The zero-order chi connectivity index (χ0) is 40.3. The predicted molar refractivity (Wildman–Crippen MR) is 252 cm³/mol. The Labute approximate surface area is 341 Å². The third kappa shape index (κ3) is 9.87. The molecule has 1 heterocycles. The van der Waals surface area contributed by atoms with Crippen LogP contribution in [0, 0.1) is 20.8 Å². The van der Waals surface area contributed by atoms with Crippen LogP contribution in [0.4, 0.5) is 5.69 Å². The molecule has 0 bridgehead atoms. The molecule has 1 unspecified atom stereocenters. The maximum atomic E-state index is 4.02. The molecule has 8 rings (SSSR count). The first-order valence-corrected chi connectivity index (χ1v) is 20.0. The third-order valence-corrected chi connectivity index (χ3v) is 10.8. The molecule has 0 amide bonds. The van der Waals surface area contributed by atoms with Crippen molar-refractivity contribution in [2.45, 2.75) is 47.1 Å². The van der Waals surface area contributed by atoms with Crippen LogP contribution in [0.2, 0.25) is 0 Å². The molecule has 7 aromatic carbocycles. The van der Waals surface area contributed by atoms with Crippen LogP contribution in [0.3, 0.4) is 0 Å². The van der Waals surface area contributed by atoms with Crippen molar-refractivity contribution >= 4 is 39.8 Å². The van der Waals surface area contributed by atoms with Gasteiger partial charge in [-0.05, 0) is 131 Å². The lowest BCUT2D eigenvalue weighted by Gasteiger charge is -2.36. The van der Waals surface area contributed by atoms with E-state index < -0.39 is 0 Å². The molecule has 0 saturated carbocycles. The summed E-state index contributed by atoms with van der Waals surface area (Å²) in [6, 6.07) is 56.6. The summed E-state index contributed by atoms with van der Waals surface area (Å²) in [7, 11) is 2.22. The minimum absolute atomic E-state index is 0.136. The average Bonchev–Trinajstić information content (AvgIpc) is 3.25. The Morgan fingerprint density at radius 1 is 0.632 bits per heavy atom. The van der Waals surface area contributed by atoms with Gasteiger partial charge < -0.3 is 4.90 Å². The van der Waals surface area contributed by atoms with Gasteiger partial charge in [0.15, 0.2) is 0 Å². The van der Waals surface area contributed by atoms with E-state index in [4.69, 9.17) is 0 Å². The number of aryl methyl sites for hydroxylation is 3. The molecule has 284 valence electrons. The molecule has 1 nitrogen and oxygen atoms in total. The fourth-order valence-corrected chi connectivity index (χ4v) is 7.16. The maximum absolute atomic E-state index is 4.02. The molecule has 0 aromatic heterocycles. The van der Waals surface area contributed by atoms with E-state index in [2.05, 4.69) is 211 Å². The fraction of sp³-hybridized carbons (Fsp3) is 0.143. The van der Waals surface area contributed by atoms with Crippen LogP contribution in [0.1, 0.15) is 76.4 Å². The van der Waals surface area contributed by atoms with Gasteiger partial charge in [0.25, 0.3) is 0 Å².